The number of hydrogen-bond acceptors (Lipinski definition) is 7. The molecular formula is C33H30N4O6. The van der Waals surface area contributed by atoms with Crippen LogP contribution in [0.25, 0.3) is 21.8 Å². The lowest BCUT2D eigenvalue weighted by Gasteiger charge is -2.07. The van der Waals surface area contributed by atoms with Crippen molar-refractivity contribution in [1.82, 2.24) is 19.1 Å². The van der Waals surface area contributed by atoms with Gasteiger partial charge >= 0.3 is 5.97 Å². The summed E-state index contributed by atoms with van der Waals surface area (Å²) < 4.78 is 14.1. The molecule has 0 atom stereocenters. The number of pyridine rings is 2. The molecule has 4 aromatic heterocycles. The summed E-state index contributed by atoms with van der Waals surface area (Å²) in [6.45, 7) is 0.801. The molecular weight excluding hydrogens is 548 g/mol. The lowest BCUT2D eigenvalue weighted by Crippen LogP contribution is -2.05. The molecule has 10 nitrogen and oxygen atoms in total. The molecule has 0 amide bonds. The third-order valence-electron chi connectivity index (χ3n) is 6.98. The van der Waals surface area contributed by atoms with Crippen molar-refractivity contribution in [2.24, 2.45) is 0 Å². The van der Waals surface area contributed by atoms with E-state index in [4.69, 9.17) is 19.7 Å². The minimum Gasteiger partial charge on any atom is -0.481 e. The van der Waals surface area contributed by atoms with Crippen LogP contribution in [0.2, 0.25) is 0 Å². The van der Waals surface area contributed by atoms with Crippen LogP contribution < -0.4 is 9.47 Å². The van der Waals surface area contributed by atoms with Crippen LogP contribution in [0.15, 0.2) is 97.6 Å². The van der Waals surface area contributed by atoms with Gasteiger partial charge < -0.3 is 28.8 Å². The SMILES string of the molecule is COc1ccc(Cn2ccc3ccc(C(=O)CO)cc32)cn1.COc1ccc(Cn2ccc3ccc(C(=O)O)cc32)cn1. The molecule has 0 aliphatic rings. The summed E-state index contributed by atoms with van der Waals surface area (Å²) in [6, 6.07) is 22.1. The first-order valence-corrected chi connectivity index (χ1v) is 13.4. The van der Waals surface area contributed by atoms with E-state index >= 15 is 0 Å². The molecule has 218 valence electrons. The second-order valence-electron chi connectivity index (χ2n) is 9.74. The molecule has 6 rings (SSSR count). The van der Waals surface area contributed by atoms with E-state index in [1.807, 2.05) is 76.1 Å². The van der Waals surface area contributed by atoms with Gasteiger partial charge in [0.05, 0.1) is 19.8 Å². The molecule has 2 N–H and O–H groups in total. The van der Waals surface area contributed by atoms with Gasteiger partial charge in [-0.3, -0.25) is 4.79 Å². The summed E-state index contributed by atoms with van der Waals surface area (Å²) in [5.41, 5.74) is 4.71. The minimum atomic E-state index is -0.921. The molecule has 0 saturated carbocycles. The zero-order chi connectivity index (χ0) is 30.3. The van der Waals surface area contributed by atoms with Gasteiger partial charge in [-0.05, 0) is 52.2 Å². The van der Waals surface area contributed by atoms with Crippen molar-refractivity contribution in [2.45, 2.75) is 13.1 Å². The van der Waals surface area contributed by atoms with Crippen LogP contribution in [0.3, 0.4) is 0 Å². The number of hydrogen-bond donors (Lipinski definition) is 2. The van der Waals surface area contributed by atoms with Crippen molar-refractivity contribution in [3.05, 3.63) is 120 Å². The first-order valence-electron chi connectivity index (χ1n) is 13.4. The number of ketones is 1. The Bertz CT molecular complexity index is 1870. The number of carboxylic acids is 1. The topological polar surface area (TPSA) is 129 Å². The number of carboxylic acid groups (broad SMARTS) is 1. The second kappa shape index (κ2) is 13.0. The van der Waals surface area contributed by atoms with Crippen molar-refractivity contribution in [3.63, 3.8) is 0 Å². The van der Waals surface area contributed by atoms with Crippen LogP contribution in [0.5, 0.6) is 11.8 Å². The van der Waals surface area contributed by atoms with E-state index in [9.17, 15) is 9.59 Å². The number of carbonyl (C=O) groups is 2. The molecule has 0 spiro atoms. The Balaban J connectivity index is 0.000000171. The molecule has 0 fully saturated rings. The predicted octanol–water partition coefficient (Wildman–Crippen LogP) is 5.06. The highest BCUT2D eigenvalue weighted by molar-refractivity contribution is 6.00. The lowest BCUT2D eigenvalue weighted by atomic mass is 10.1. The van der Waals surface area contributed by atoms with Gasteiger partial charge in [-0.2, -0.15) is 0 Å². The Labute approximate surface area is 247 Å². The predicted molar refractivity (Wildman–Crippen MR) is 162 cm³/mol. The number of aromatic carboxylic acids is 1. The van der Waals surface area contributed by atoms with Crippen molar-refractivity contribution in [2.75, 3.05) is 20.8 Å². The van der Waals surface area contributed by atoms with Crippen LogP contribution >= 0.6 is 0 Å². The quantitative estimate of drug-likeness (QED) is 0.228. The molecule has 6 aromatic rings. The number of benzene rings is 2. The normalized spacial score (nSPS) is 10.8. The molecule has 2 aromatic carbocycles. The Kier molecular flexibility index (Phi) is 8.78. The maximum absolute atomic E-state index is 11.6. The van der Waals surface area contributed by atoms with Gasteiger partial charge in [0.15, 0.2) is 5.78 Å². The minimum absolute atomic E-state index is 0.277. The first kappa shape index (κ1) is 29.0. The Morgan fingerprint density at radius 2 is 1.19 bits per heavy atom. The second-order valence-corrected chi connectivity index (χ2v) is 9.74. The molecule has 4 heterocycles. The molecule has 0 saturated heterocycles. The monoisotopic (exact) mass is 578 g/mol. The third kappa shape index (κ3) is 6.71. The number of nitrogens with zero attached hydrogens (tertiary/aromatic N) is 4. The molecule has 0 unspecified atom stereocenters. The summed E-state index contributed by atoms with van der Waals surface area (Å²) in [7, 11) is 3.16. The van der Waals surface area contributed by atoms with Gasteiger partial charge in [0.25, 0.3) is 0 Å². The van der Waals surface area contributed by atoms with E-state index < -0.39 is 12.6 Å². The van der Waals surface area contributed by atoms with Crippen molar-refractivity contribution < 1.29 is 29.3 Å². The molecule has 0 bridgehead atoms. The fraction of sp³-hybridized carbons (Fsp3) is 0.152. The Hall–Kier alpha value is -5.48. The van der Waals surface area contributed by atoms with E-state index in [0.29, 0.717) is 30.4 Å². The maximum atomic E-state index is 11.6. The highest BCUT2D eigenvalue weighted by Gasteiger charge is 2.09. The van der Waals surface area contributed by atoms with Gasteiger partial charge in [0.1, 0.15) is 6.61 Å². The largest absolute Gasteiger partial charge is 0.481 e. The lowest BCUT2D eigenvalue weighted by molar-refractivity contribution is 0.0696. The zero-order valence-electron chi connectivity index (χ0n) is 23.7. The molecule has 10 heteroatoms. The maximum Gasteiger partial charge on any atom is 0.335 e. The smallest absolute Gasteiger partial charge is 0.335 e. The highest BCUT2D eigenvalue weighted by atomic mass is 16.5. The van der Waals surface area contributed by atoms with Gasteiger partial charge in [-0.15, -0.1) is 0 Å². The van der Waals surface area contributed by atoms with Crippen molar-refractivity contribution in [1.29, 1.82) is 0 Å². The van der Waals surface area contributed by atoms with E-state index in [-0.39, 0.29) is 11.3 Å². The third-order valence-corrected chi connectivity index (χ3v) is 6.98. The van der Waals surface area contributed by atoms with E-state index in [0.717, 1.165) is 32.9 Å². The number of aliphatic hydroxyl groups is 1. The number of ether oxygens (including phenoxy) is 2. The fourth-order valence-electron chi connectivity index (χ4n) is 4.69. The molecule has 0 radical (unpaired) electrons. The fourth-order valence-corrected chi connectivity index (χ4v) is 4.69. The number of aliphatic hydroxyl groups excluding tert-OH is 1. The van der Waals surface area contributed by atoms with Gasteiger partial charge in [0.2, 0.25) is 11.8 Å². The number of carbonyl (C=O) groups excluding carboxylic acids is 1. The summed E-state index contributed by atoms with van der Waals surface area (Å²) in [4.78, 5) is 31.1. The summed E-state index contributed by atoms with van der Waals surface area (Å²) in [5.74, 6) is -0.0438. The van der Waals surface area contributed by atoms with Crippen molar-refractivity contribution >= 4 is 33.6 Å². The Morgan fingerprint density at radius 1 is 0.698 bits per heavy atom. The van der Waals surface area contributed by atoms with Crippen LogP contribution in [0, 0.1) is 0 Å². The standard InChI is InChI=1S/C17H16N2O3.C16H14N2O3/c1-22-17-5-2-12(9-18-17)10-19-7-6-13-3-4-14(8-15(13)19)16(21)11-20;1-21-15-5-2-11(9-17-15)10-18-7-6-12-3-4-13(16(19)20)8-14(12)18/h2-9,20H,10-11H2,1H3;2-9H,10H2,1H3,(H,19,20). The van der Waals surface area contributed by atoms with Gasteiger partial charge in [0, 0.05) is 66.6 Å². The number of aromatic nitrogens is 4. The molecule has 43 heavy (non-hydrogen) atoms. The van der Waals surface area contributed by atoms with Crippen LogP contribution in [-0.4, -0.2) is 61.9 Å². The van der Waals surface area contributed by atoms with Gasteiger partial charge in [-0.25, -0.2) is 14.8 Å². The number of rotatable bonds is 9. The average molecular weight is 579 g/mol. The zero-order valence-corrected chi connectivity index (χ0v) is 23.7. The first-order chi connectivity index (χ1) is 20.9. The number of fused-ring (bicyclic) bond motifs is 2. The van der Waals surface area contributed by atoms with E-state index in [1.54, 1.807) is 44.8 Å². The molecule has 0 aliphatic heterocycles. The van der Waals surface area contributed by atoms with Crippen LogP contribution in [-0.2, 0) is 13.1 Å². The summed E-state index contributed by atoms with van der Waals surface area (Å²) in [6.07, 6.45) is 7.45. The van der Waals surface area contributed by atoms with Gasteiger partial charge in [-0.1, -0.05) is 30.3 Å². The average Bonchev–Trinajstić information content (AvgIpc) is 3.64. The van der Waals surface area contributed by atoms with E-state index in [1.165, 1.54) is 0 Å². The summed E-state index contributed by atoms with van der Waals surface area (Å²) >= 11 is 0. The van der Waals surface area contributed by atoms with Crippen LogP contribution in [0.1, 0.15) is 31.8 Å². The number of methoxy groups -OCH3 is 2. The van der Waals surface area contributed by atoms with Crippen LogP contribution in [0.4, 0.5) is 0 Å². The number of Topliss-reactive ketones (excluding diaryl/α,β-unsaturated/α-hetero) is 1. The van der Waals surface area contributed by atoms with E-state index in [2.05, 4.69) is 9.97 Å². The summed E-state index contributed by atoms with van der Waals surface area (Å²) in [5, 5.41) is 20.1. The Morgan fingerprint density at radius 3 is 1.60 bits per heavy atom. The van der Waals surface area contributed by atoms with Crippen molar-refractivity contribution in [3.8, 4) is 11.8 Å². The highest BCUT2D eigenvalue weighted by Crippen LogP contribution is 2.21. The molecule has 0 aliphatic carbocycles.